The number of alkyl halides is 4. The molecule has 0 saturated carbocycles. The monoisotopic (exact) mass is 270 g/mol. The summed E-state index contributed by atoms with van der Waals surface area (Å²) < 4.78 is 49.0. The lowest BCUT2D eigenvalue weighted by molar-refractivity contribution is -0.163. The summed E-state index contributed by atoms with van der Waals surface area (Å²) in [4.78, 5) is 14.5. The molecular formula is C9H7ClF4N2O. The number of pyridine rings is 1. The number of carbonyl (C=O) groups excluding carboxylic acids is 1. The number of aryl methyl sites for hydroxylation is 1. The smallest absolute Gasteiger partial charge is 0.318 e. The minimum absolute atomic E-state index is 0.239. The van der Waals surface area contributed by atoms with Gasteiger partial charge in [0.1, 0.15) is 0 Å². The van der Waals surface area contributed by atoms with E-state index in [-0.39, 0.29) is 10.8 Å². The van der Waals surface area contributed by atoms with Gasteiger partial charge in [-0.3, -0.25) is 4.79 Å². The van der Waals surface area contributed by atoms with E-state index in [1.807, 2.05) is 0 Å². The second-order valence-corrected chi connectivity index (χ2v) is 3.59. The zero-order chi connectivity index (χ0) is 13.2. The molecule has 0 saturated heterocycles. The summed E-state index contributed by atoms with van der Waals surface area (Å²) in [6, 6.07) is 1.24. The molecule has 1 aromatic heterocycles. The number of nitrogens with one attached hydrogen (secondary N) is 1. The Hall–Kier alpha value is -1.37. The number of halogens is 5. The van der Waals surface area contributed by atoms with Gasteiger partial charge in [-0.05, 0) is 18.6 Å². The van der Waals surface area contributed by atoms with Gasteiger partial charge >= 0.3 is 18.3 Å². The van der Waals surface area contributed by atoms with Crippen LogP contribution in [0.25, 0.3) is 0 Å². The Bertz CT molecular complexity index is 439. The van der Waals surface area contributed by atoms with Gasteiger partial charge in [-0.25, -0.2) is 13.8 Å². The van der Waals surface area contributed by atoms with E-state index in [0.29, 0.717) is 5.56 Å². The van der Waals surface area contributed by atoms with Crippen LogP contribution in [0.5, 0.6) is 0 Å². The summed E-state index contributed by atoms with van der Waals surface area (Å²) in [5.41, 5.74) is 0.294. The molecule has 0 aliphatic rings. The van der Waals surface area contributed by atoms with Crippen molar-refractivity contribution in [2.75, 3.05) is 5.32 Å². The Labute approximate surface area is 98.8 Å². The molecule has 94 valence electrons. The van der Waals surface area contributed by atoms with E-state index < -0.39 is 18.3 Å². The van der Waals surface area contributed by atoms with E-state index >= 15 is 0 Å². The van der Waals surface area contributed by atoms with Crippen LogP contribution in [0.2, 0.25) is 5.15 Å². The van der Waals surface area contributed by atoms with Gasteiger partial charge in [0, 0.05) is 6.20 Å². The van der Waals surface area contributed by atoms with Gasteiger partial charge in [0.25, 0.3) is 0 Å². The van der Waals surface area contributed by atoms with Crippen LogP contribution >= 0.6 is 11.6 Å². The summed E-state index contributed by atoms with van der Waals surface area (Å²) in [5, 5.41) is 1.35. The van der Waals surface area contributed by atoms with Crippen molar-refractivity contribution in [3.8, 4) is 0 Å². The fourth-order valence-corrected chi connectivity index (χ4v) is 1.10. The van der Waals surface area contributed by atoms with Crippen LogP contribution in [0.3, 0.4) is 0 Å². The van der Waals surface area contributed by atoms with Gasteiger partial charge in [-0.1, -0.05) is 11.6 Å². The molecule has 0 fully saturated rings. The Kier molecular flexibility index (Phi) is 3.92. The molecule has 1 amide bonds. The quantitative estimate of drug-likeness (QED) is 0.678. The minimum Gasteiger partial charge on any atom is -0.318 e. The molecule has 0 unspecified atom stereocenters. The minimum atomic E-state index is -4.77. The van der Waals surface area contributed by atoms with Crippen LogP contribution in [-0.4, -0.2) is 23.2 Å². The summed E-state index contributed by atoms with van der Waals surface area (Å²) >= 11 is 5.51. The average molecular weight is 271 g/mol. The van der Waals surface area contributed by atoms with Crippen LogP contribution in [0.1, 0.15) is 5.56 Å². The van der Waals surface area contributed by atoms with Crippen LogP contribution in [0.15, 0.2) is 12.3 Å². The maximum atomic E-state index is 12.6. The first-order valence-corrected chi connectivity index (χ1v) is 4.72. The molecule has 0 bridgehead atoms. The molecule has 8 heteroatoms. The predicted molar refractivity (Wildman–Crippen MR) is 53.6 cm³/mol. The number of carbonyl (C=O) groups is 1. The summed E-state index contributed by atoms with van der Waals surface area (Å²) in [6.45, 7) is 1.57. The van der Waals surface area contributed by atoms with Crippen LogP contribution in [0, 0.1) is 6.92 Å². The first-order chi connectivity index (χ1) is 7.75. The van der Waals surface area contributed by atoms with Crippen molar-refractivity contribution < 1.29 is 22.4 Å². The number of amides is 1. The zero-order valence-electron chi connectivity index (χ0n) is 8.48. The Morgan fingerprint density at radius 3 is 2.65 bits per heavy atom. The zero-order valence-corrected chi connectivity index (χ0v) is 9.23. The molecule has 1 rings (SSSR count). The molecule has 1 N–H and O–H groups in total. The van der Waals surface area contributed by atoms with E-state index in [9.17, 15) is 22.4 Å². The largest absolute Gasteiger partial charge is 0.383 e. The Balaban J connectivity index is 2.92. The van der Waals surface area contributed by atoms with Crippen LogP contribution in [0.4, 0.5) is 23.2 Å². The van der Waals surface area contributed by atoms with Crippen LogP contribution in [-0.2, 0) is 4.79 Å². The number of rotatable bonds is 3. The van der Waals surface area contributed by atoms with Gasteiger partial charge in [0.2, 0.25) is 0 Å². The highest BCUT2D eigenvalue weighted by Gasteiger charge is 2.49. The van der Waals surface area contributed by atoms with E-state index in [4.69, 9.17) is 11.6 Å². The van der Waals surface area contributed by atoms with Crippen molar-refractivity contribution >= 4 is 23.2 Å². The molecule has 1 aromatic rings. The normalized spacial score (nSPS) is 11.7. The number of aromatic nitrogens is 1. The molecule has 3 nitrogen and oxygen atoms in total. The van der Waals surface area contributed by atoms with Crippen molar-refractivity contribution in [1.29, 1.82) is 0 Å². The molecule has 0 aromatic carbocycles. The van der Waals surface area contributed by atoms with E-state index in [0.717, 1.165) is 0 Å². The molecule has 0 aliphatic heterocycles. The predicted octanol–water partition coefficient (Wildman–Crippen LogP) is 2.88. The summed E-state index contributed by atoms with van der Waals surface area (Å²) in [6.07, 6.45) is -2.75. The molecule has 0 radical (unpaired) electrons. The highest BCUT2D eigenvalue weighted by atomic mass is 35.5. The molecular weight excluding hydrogens is 264 g/mol. The second kappa shape index (κ2) is 4.87. The highest BCUT2D eigenvalue weighted by molar-refractivity contribution is 6.32. The fourth-order valence-electron chi connectivity index (χ4n) is 0.945. The first kappa shape index (κ1) is 13.7. The lowest BCUT2D eigenvalue weighted by Gasteiger charge is -2.15. The van der Waals surface area contributed by atoms with Gasteiger partial charge in [0.15, 0.2) is 5.15 Å². The van der Waals surface area contributed by atoms with Gasteiger partial charge < -0.3 is 5.32 Å². The van der Waals surface area contributed by atoms with Crippen molar-refractivity contribution in [3.63, 3.8) is 0 Å². The number of anilines is 1. The molecule has 0 aliphatic carbocycles. The Morgan fingerprint density at radius 2 is 2.12 bits per heavy atom. The number of nitrogens with zero attached hydrogens (tertiary/aromatic N) is 1. The summed E-state index contributed by atoms with van der Waals surface area (Å²) in [5.74, 6) is -6.89. The molecule has 0 spiro atoms. The average Bonchev–Trinajstić information content (AvgIpc) is 2.23. The summed E-state index contributed by atoms with van der Waals surface area (Å²) in [7, 11) is 0. The van der Waals surface area contributed by atoms with Crippen LogP contribution < -0.4 is 5.32 Å². The fraction of sp³-hybridized carbons (Fsp3) is 0.333. The lowest BCUT2D eigenvalue weighted by atomic mass is 10.2. The van der Waals surface area contributed by atoms with Crippen molar-refractivity contribution in [1.82, 2.24) is 4.98 Å². The van der Waals surface area contributed by atoms with E-state index in [1.165, 1.54) is 12.3 Å². The third-order valence-electron chi connectivity index (χ3n) is 1.80. The lowest BCUT2D eigenvalue weighted by Crippen LogP contribution is -2.41. The third-order valence-corrected chi connectivity index (χ3v) is 2.10. The molecule has 17 heavy (non-hydrogen) atoms. The topological polar surface area (TPSA) is 42.0 Å². The van der Waals surface area contributed by atoms with Gasteiger partial charge in [-0.2, -0.15) is 8.78 Å². The second-order valence-electron chi connectivity index (χ2n) is 3.23. The van der Waals surface area contributed by atoms with E-state index in [1.54, 1.807) is 12.2 Å². The van der Waals surface area contributed by atoms with Crippen molar-refractivity contribution in [2.24, 2.45) is 0 Å². The molecule has 1 heterocycles. The number of hydrogen-bond acceptors (Lipinski definition) is 2. The maximum Gasteiger partial charge on any atom is 0.383 e. The highest BCUT2D eigenvalue weighted by Crippen LogP contribution is 2.27. The molecule has 0 atom stereocenters. The number of hydrogen-bond donors (Lipinski definition) is 1. The van der Waals surface area contributed by atoms with Crippen molar-refractivity contribution in [3.05, 3.63) is 23.0 Å². The first-order valence-electron chi connectivity index (χ1n) is 4.34. The standard InChI is InChI=1S/C9H7ClF4N2O/c1-4-2-5(6(10)15-3-4)16-8(17)9(13,14)7(11)12/h2-3,7H,1H3,(H,16,17). The maximum absolute atomic E-state index is 12.6. The van der Waals surface area contributed by atoms with E-state index in [2.05, 4.69) is 4.98 Å². The van der Waals surface area contributed by atoms with Gasteiger partial charge in [0.05, 0.1) is 5.69 Å². The third kappa shape index (κ3) is 3.06. The van der Waals surface area contributed by atoms with Crippen molar-refractivity contribution in [2.45, 2.75) is 19.3 Å². The van der Waals surface area contributed by atoms with Gasteiger partial charge in [-0.15, -0.1) is 0 Å². The SMILES string of the molecule is Cc1cnc(Cl)c(NC(=O)C(F)(F)C(F)F)c1. The Morgan fingerprint density at radius 1 is 1.53 bits per heavy atom.